The number of aromatic nitrogens is 2. The first-order chi connectivity index (χ1) is 4.93. The second kappa shape index (κ2) is 3.66. The molecule has 5 heteroatoms. The average Bonchev–Trinajstić information content (AvgIpc) is 2.11. The van der Waals surface area contributed by atoms with Crippen LogP contribution in [-0.2, 0) is 5.54 Å². The number of halogens is 2. The second-order valence-corrected chi connectivity index (χ2v) is 4.31. The predicted octanol–water partition coefficient (Wildman–Crippen LogP) is 2.40. The minimum absolute atomic E-state index is 0. The van der Waals surface area contributed by atoms with Crippen LogP contribution >= 0.6 is 28.3 Å². The lowest BCUT2D eigenvalue weighted by Crippen LogP contribution is -2.24. The normalized spacial score (nSPS) is 11.0. The molecular formula is C7H13BrClN3. The second-order valence-electron chi connectivity index (χ2n) is 3.46. The fraction of sp³-hybridized carbons (Fsp3) is 0.571. The molecule has 1 aromatic rings. The summed E-state index contributed by atoms with van der Waals surface area (Å²) in [5.74, 6) is 0.678. The van der Waals surface area contributed by atoms with Crippen molar-refractivity contribution in [2.24, 2.45) is 0 Å². The van der Waals surface area contributed by atoms with E-state index in [1.54, 1.807) is 10.9 Å². The van der Waals surface area contributed by atoms with Crippen LogP contribution in [0.2, 0.25) is 0 Å². The molecule has 12 heavy (non-hydrogen) atoms. The van der Waals surface area contributed by atoms with Gasteiger partial charge in [-0.05, 0) is 36.7 Å². The van der Waals surface area contributed by atoms with E-state index in [4.69, 9.17) is 5.73 Å². The minimum Gasteiger partial charge on any atom is -0.383 e. The molecule has 0 unspecified atom stereocenters. The van der Waals surface area contributed by atoms with Gasteiger partial charge in [-0.15, -0.1) is 12.4 Å². The van der Waals surface area contributed by atoms with Crippen molar-refractivity contribution < 1.29 is 0 Å². The van der Waals surface area contributed by atoms with E-state index < -0.39 is 0 Å². The third kappa shape index (κ3) is 2.14. The molecule has 1 heterocycles. The summed E-state index contributed by atoms with van der Waals surface area (Å²) in [5, 5.41) is 4.13. The quantitative estimate of drug-likeness (QED) is 0.773. The third-order valence-electron chi connectivity index (χ3n) is 1.39. The molecule has 0 fully saturated rings. The van der Waals surface area contributed by atoms with Crippen LogP contribution in [0.25, 0.3) is 0 Å². The van der Waals surface area contributed by atoms with Crippen LogP contribution < -0.4 is 5.73 Å². The molecule has 0 amide bonds. The Kier molecular flexibility index (Phi) is 3.59. The molecule has 1 rings (SSSR count). The molecule has 0 aliphatic carbocycles. The van der Waals surface area contributed by atoms with Gasteiger partial charge in [0.25, 0.3) is 0 Å². The highest BCUT2D eigenvalue weighted by atomic mass is 79.9. The van der Waals surface area contributed by atoms with Gasteiger partial charge in [0, 0.05) is 0 Å². The topological polar surface area (TPSA) is 43.8 Å². The van der Waals surface area contributed by atoms with Gasteiger partial charge in [-0.1, -0.05) is 0 Å². The van der Waals surface area contributed by atoms with Crippen LogP contribution in [0.5, 0.6) is 0 Å². The lowest BCUT2D eigenvalue weighted by Gasteiger charge is -2.20. The van der Waals surface area contributed by atoms with Crippen LogP contribution in [0.15, 0.2) is 10.7 Å². The maximum atomic E-state index is 5.74. The molecule has 0 saturated heterocycles. The Morgan fingerprint density at radius 1 is 1.50 bits per heavy atom. The number of rotatable bonds is 0. The lowest BCUT2D eigenvalue weighted by atomic mass is 10.1. The van der Waals surface area contributed by atoms with Crippen molar-refractivity contribution in [2.75, 3.05) is 5.73 Å². The predicted molar refractivity (Wildman–Crippen MR) is 56.6 cm³/mol. The molecule has 0 saturated carbocycles. The summed E-state index contributed by atoms with van der Waals surface area (Å²) < 4.78 is 2.64. The summed E-state index contributed by atoms with van der Waals surface area (Å²) in [4.78, 5) is 0. The molecule has 0 aliphatic rings. The molecule has 3 nitrogen and oxygen atoms in total. The van der Waals surface area contributed by atoms with Crippen LogP contribution in [0, 0.1) is 0 Å². The summed E-state index contributed by atoms with van der Waals surface area (Å²) in [5.41, 5.74) is 5.70. The number of nitrogen functional groups attached to an aromatic ring is 1. The molecule has 2 N–H and O–H groups in total. The summed E-state index contributed by atoms with van der Waals surface area (Å²) in [7, 11) is 0. The van der Waals surface area contributed by atoms with Crippen molar-refractivity contribution in [2.45, 2.75) is 26.3 Å². The largest absolute Gasteiger partial charge is 0.383 e. The van der Waals surface area contributed by atoms with Gasteiger partial charge in [0.05, 0.1) is 16.2 Å². The highest BCUT2D eigenvalue weighted by Gasteiger charge is 2.17. The first-order valence-electron chi connectivity index (χ1n) is 3.42. The van der Waals surface area contributed by atoms with Gasteiger partial charge >= 0.3 is 0 Å². The molecule has 0 aromatic carbocycles. The zero-order valence-electron chi connectivity index (χ0n) is 7.34. The van der Waals surface area contributed by atoms with Gasteiger partial charge in [-0.2, -0.15) is 5.10 Å². The Hall–Kier alpha value is -0.220. The zero-order valence-corrected chi connectivity index (χ0v) is 9.74. The highest BCUT2D eigenvalue weighted by Crippen LogP contribution is 2.24. The van der Waals surface area contributed by atoms with Gasteiger partial charge in [-0.3, -0.25) is 0 Å². The molecule has 0 bridgehead atoms. The minimum atomic E-state index is -0.0455. The van der Waals surface area contributed by atoms with Crippen molar-refractivity contribution in [1.82, 2.24) is 9.78 Å². The van der Waals surface area contributed by atoms with Gasteiger partial charge in [0.1, 0.15) is 5.82 Å². The fourth-order valence-corrected chi connectivity index (χ4v) is 1.13. The van der Waals surface area contributed by atoms with E-state index in [2.05, 4.69) is 41.8 Å². The molecular weight excluding hydrogens is 241 g/mol. The monoisotopic (exact) mass is 253 g/mol. The molecule has 0 spiro atoms. The van der Waals surface area contributed by atoms with Gasteiger partial charge < -0.3 is 5.73 Å². The standard InChI is InChI=1S/C7H12BrN3.ClH/c1-7(2,3)11-6(9)5(8)4-10-11;/h4H,9H2,1-3H3;1H. The molecule has 0 radical (unpaired) electrons. The van der Waals surface area contributed by atoms with Crippen molar-refractivity contribution in [3.8, 4) is 0 Å². The fourth-order valence-electron chi connectivity index (χ4n) is 0.872. The van der Waals surface area contributed by atoms with Crippen LogP contribution in [-0.4, -0.2) is 9.78 Å². The van der Waals surface area contributed by atoms with Crippen LogP contribution in [0.1, 0.15) is 20.8 Å². The Labute approximate surface area is 86.9 Å². The number of hydrogen-bond acceptors (Lipinski definition) is 2. The van der Waals surface area contributed by atoms with E-state index in [9.17, 15) is 0 Å². The SMILES string of the molecule is CC(C)(C)n1ncc(Br)c1N.Cl. The molecule has 1 aromatic heterocycles. The van der Waals surface area contributed by atoms with E-state index >= 15 is 0 Å². The van der Waals surface area contributed by atoms with E-state index in [0.29, 0.717) is 5.82 Å². The Morgan fingerprint density at radius 3 is 2.17 bits per heavy atom. The Morgan fingerprint density at radius 2 is 2.00 bits per heavy atom. The summed E-state index contributed by atoms with van der Waals surface area (Å²) in [6.45, 7) is 6.17. The number of nitrogens with zero attached hydrogens (tertiary/aromatic N) is 2. The smallest absolute Gasteiger partial charge is 0.136 e. The van der Waals surface area contributed by atoms with Crippen LogP contribution in [0.3, 0.4) is 0 Å². The Bertz CT molecular complexity index is 264. The van der Waals surface area contributed by atoms with Crippen molar-refractivity contribution in [3.63, 3.8) is 0 Å². The maximum absolute atomic E-state index is 5.74. The van der Waals surface area contributed by atoms with Gasteiger partial charge in [-0.25, -0.2) is 4.68 Å². The average molecular weight is 255 g/mol. The van der Waals surface area contributed by atoms with E-state index in [0.717, 1.165) is 4.47 Å². The van der Waals surface area contributed by atoms with Crippen molar-refractivity contribution >= 4 is 34.2 Å². The van der Waals surface area contributed by atoms with Gasteiger partial charge in [0.2, 0.25) is 0 Å². The first kappa shape index (κ1) is 11.8. The van der Waals surface area contributed by atoms with E-state index in [1.165, 1.54) is 0 Å². The van der Waals surface area contributed by atoms with Crippen molar-refractivity contribution in [1.29, 1.82) is 0 Å². The number of anilines is 1. The first-order valence-corrected chi connectivity index (χ1v) is 4.21. The van der Waals surface area contributed by atoms with Gasteiger partial charge in [0.15, 0.2) is 0 Å². The maximum Gasteiger partial charge on any atom is 0.136 e. The van der Waals surface area contributed by atoms with Crippen molar-refractivity contribution in [3.05, 3.63) is 10.7 Å². The summed E-state index contributed by atoms with van der Waals surface area (Å²) >= 11 is 3.30. The number of nitrogens with two attached hydrogens (primary N) is 1. The third-order valence-corrected chi connectivity index (χ3v) is 2.01. The lowest BCUT2D eigenvalue weighted by molar-refractivity contribution is 0.361. The summed E-state index contributed by atoms with van der Waals surface area (Å²) in [6, 6.07) is 0. The van der Waals surface area contributed by atoms with E-state index in [1.807, 2.05) is 0 Å². The van der Waals surface area contributed by atoms with E-state index in [-0.39, 0.29) is 17.9 Å². The molecule has 0 atom stereocenters. The summed E-state index contributed by atoms with van der Waals surface area (Å²) in [6.07, 6.45) is 1.71. The molecule has 70 valence electrons. The zero-order chi connectivity index (χ0) is 8.65. The Balaban J connectivity index is 0.00000121. The highest BCUT2D eigenvalue weighted by molar-refractivity contribution is 9.10. The van der Waals surface area contributed by atoms with Crippen LogP contribution in [0.4, 0.5) is 5.82 Å². The molecule has 0 aliphatic heterocycles. The number of hydrogen-bond donors (Lipinski definition) is 1.